The van der Waals surface area contributed by atoms with Gasteiger partial charge in [0, 0.05) is 61.3 Å². The summed E-state index contributed by atoms with van der Waals surface area (Å²) in [6.45, 7) is 1.42. The molecule has 0 saturated carbocycles. The van der Waals surface area contributed by atoms with Crippen LogP contribution in [0.3, 0.4) is 0 Å². The first-order valence-electron chi connectivity index (χ1n) is 23.8. The molecule has 3 atom stereocenters. The number of carbonyl (C=O) groups excluding carboxylic acids is 9. The molecule has 0 saturated heterocycles. The fourth-order valence-corrected chi connectivity index (χ4v) is 8.00. The van der Waals surface area contributed by atoms with Crippen LogP contribution in [-0.2, 0) is 61.0 Å². The Morgan fingerprint density at radius 3 is 1.99 bits per heavy atom. The van der Waals surface area contributed by atoms with Crippen molar-refractivity contribution in [3.8, 4) is 11.1 Å². The third-order valence-corrected chi connectivity index (χ3v) is 11.6. The number of nitrogens with zero attached hydrogens (tertiary/aromatic N) is 3. The van der Waals surface area contributed by atoms with E-state index in [1.165, 1.54) is 4.90 Å². The van der Waals surface area contributed by atoms with Crippen LogP contribution in [0.4, 0.5) is 13.6 Å². The Kier molecular flexibility index (Phi) is 21.0. The summed E-state index contributed by atoms with van der Waals surface area (Å²) in [5.74, 6) is -10.0. The molecule has 0 spiro atoms. The summed E-state index contributed by atoms with van der Waals surface area (Å²) in [4.78, 5) is 130. The van der Waals surface area contributed by atoms with Crippen molar-refractivity contribution in [1.82, 2.24) is 46.3 Å². The Morgan fingerprint density at radius 1 is 0.724 bits per heavy atom. The molecule has 8 N–H and O–H groups in total. The molecule has 1 aromatic heterocycles. The zero-order valence-electron chi connectivity index (χ0n) is 41.8. The number of ether oxygens (including phenoxy) is 1. The zero-order chi connectivity index (χ0) is 55.5. The fourth-order valence-electron chi connectivity index (χ4n) is 8.00. The molecule has 9 amide bonds. The lowest BCUT2D eigenvalue weighted by atomic mass is 9.82. The van der Waals surface area contributed by atoms with Crippen molar-refractivity contribution in [2.24, 2.45) is 5.41 Å². The summed E-state index contributed by atoms with van der Waals surface area (Å²) in [5.41, 5.74) is 1.14. The van der Waals surface area contributed by atoms with Crippen LogP contribution in [0.1, 0.15) is 56.5 Å². The number of nitrogens with one attached hydrogen (secondary N) is 6. The minimum atomic E-state index is -1.87. The van der Waals surface area contributed by atoms with Crippen LogP contribution < -0.4 is 31.9 Å². The molecule has 0 radical (unpaired) electrons. The van der Waals surface area contributed by atoms with E-state index in [2.05, 4.69) is 31.9 Å². The summed E-state index contributed by atoms with van der Waals surface area (Å²) in [6.07, 6.45) is 1.19. The number of hydrogen-bond donors (Lipinski definition) is 8. The molecule has 76 heavy (non-hydrogen) atoms. The van der Waals surface area contributed by atoms with Crippen LogP contribution in [0.25, 0.3) is 11.1 Å². The Labute approximate surface area is 435 Å². The Bertz CT molecular complexity index is 2780. The van der Waals surface area contributed by atoms with Crippen LogP contribution in [0.15, 0.2) is 103 Å². The third kappa shape index (κ3) is 17.4. The van der Waals surface area contributed by atoms with Gasteiger partial charge in [0.05, 0.1) is 19.0 Å². The molecule has 0 aliphatic carbocycles. The fraction of sp³-hybridized carbons (Fsp3) is 0.346. The predicted molar refractivity (Wildman–Crippen MR) is 267 cm³/mol. The molecule has 5 rings (SSSR count). The topological polar surface area (TPSA) is 304 Å². The largest absolute Gasteiger partial charge is 0.481 e. The van der Waals surface area contributed by atoms with Gasteiger partial charge in [0.15, 0.2) is 0 Å². The van der Waals surface area contributed by atoms with Crippen LogP contribution in [-0.4, -0.2) is 142 Å². The number of carboxylic acids is 1. The number of aliphatic carboxylic acids is 1. The van der Waals surface area contributed by atoms with E-state index in [1.54, 1.807) is 80.1 Å². The molecule has 0 unspecified atom stereocenters. The highest BCUT2D eigenvalue weighted by Gasteiger charge is 2.38. The van der Waals surface area contributed by atoms with Crippen molar-refractivity contribution in [1.29, 1.82) is 0 Å². The summed E-state index contributed by atoms with van der Waals surface area (Å²) in [7, 11) is 0. The van der Waals surface area contributed by atoms with Crippen molar-refractivity contribution in [3.63, 3.8) is 0 Å². The molecule has 404 valence electrons. The van der Waals surface area contributed by atoms with E-state index in [0.717, 1.165) is 35.9 Å². The summed E-state index contributed by atoms with van der Waals surface area (Å²) >= 11 is 0. The second-order valence-corrected chi connectivity index (χ2v) is 18.4. The molecular formula is C52H59F2N9O13. The molecule has 4 aromatic rings. The highest BCUT2D eigenvalue weighted by molar-refractivity contribution is 6.14. The summed E-state index contributed by atoms with van der Waals surface area (Å²) in [5, 5.41) is 34.2. The summed E-state index contributed by atoms with van der Waals surface area (Å²) in [6, 6.07) is 17.8. The van der Waals surface area contributed by atoms with E-state index < -0.39 is 140 Å². The van der Waals surface area contributed by atoms with E-state index in [1.807, 2.05) is 18.2 Å². The van der Waals surface area contributed by atoms with Crippen molar-refractivity contribution in [2.75, 3.05) is 45.9 Å². The maximum atomic E-state index is 15.3. The van der Waals surface area contributed by atoms with Gasteiger partial charge in [0.2, 0.25) is 35.4 Å². The second kappa shape index (κ2) is 27.5. The van der Waals surface area contributed by atoms with Gasteiger partial charge >= 0.3 is 12.1 Å². The maximum absolute atomic E-state index is 15.3. The van der Waals surface area contributed by atoms with Crippen molar-refractivity contribution in [3.05, 3.63) is 132 Å². The number of aliphatic hydroxyl groups is 1. The second-order valence-electron chi connectivity index (χ2n) is 18.4. The van der Waals surface area contributed by atoms with Crippen molar-refractivity contribution in [2.45, 2.75) is 64.9 Å². The number of aromatic nitrogens is 1. The lowest BCUT2D eigenvalue weighted by molar-refractivity contribution is -0.142. The highest BCUT2D eigenvalue weighted by atomic mass is 19.1. The van der Waals surface area contributed by atoms with Gasteiger partial charge in [-0.05, 0) is 47.2 Å². The van der Waals surface area contributed by atoms with Gasteiger partial charge in [-0.3, -0.25) is 48.1 Å². The van der Waals surface area contributed by atoms with Gasteiger partial charge in [0.1, 0.15) is 50.0 Å². The molecule has 0 fully saturated rings. The number of halogens is 2. The van der Waals surface area contributed by atoms with Crippen LogP contribution in [0, 0.1) is 17.0 Å². The van der Waals surface area contributed by atoms with Crippen LogP contribution >= 0.6 is 0 Å². The Hall–Kier alpha value is -8.80. The first-order chi connectivity index (χ1) is 36.1. The smallest absolute Gasteiger partial charge is 0.407 e. The van der Waals surface area contributed by atoms with Gasteiger partial charge in [-0.1, -0.05) is 81.4 Å². The number of benzene rings is 3. The van der Waals surface area contributed by atoms with Crippen LogP contribution in [0.5, 0.6) is 0 Å². The maximum Gasteiger partial charge on any atom is 0.407 e. The lowest BCUT2D eigenvalue weighted by Gasteiger charge is -2.41. The number of hydrogen-bond acceptors (Lipinski definition) is 12. The number of rotatable bonds is 26. The molecule has 22 nitrogen and oxygen atoms in total. The highest BCUT2D eigenvalue weighted by Crippen LogP contribution is 2.41. The monoisotopic (exact) mass is 1060 g/mol. The number of alkyl carbamates (subject to hydrolysis) is 1. The number of aliphatic hydroxyl groups excluding tert-OH is 1. The molecule has 2 heterocycles. The van der Waals surface area contributed by atoms with E-state index in [4.69, 9.17) is 4.74 Å². The SMILES string of the molecule is CC(C)(C)[C@H](c1cc(-c2cc(F)ccc2F)cn1Cc1ccccc1)N(CC[C@H](NC(=O)[C@H](CC(=O)O)NC(=O)CNC(=O)CNC(=O)OCc1ccccc1)C(=O)NCCNC(=O)CN1C(=O)C=CC1=O)C(=O)CO. The number of amides is 9. The first kappa shape index (κ1) is 58.1. The average molecular weight is 1060 g/mol. The quantitative estimate of drug-likeness (QED) is 0.0327. The summed E-state index contributed by atoms with van der Waals surface area (Å²) < 4.78 is 36.7. The predicted octanol–water partition coefficient (Wildman–Crippen LogP) is 1.42. The van der Waals surface area contributed by atoms with E-state index in [9.17, 15) is 62.5 Å². The number of imide groups is 1. The van der Waals surface area contributed by atoms with Gasteiger partial charge in [-0.25, -0.2) is 13.6 Å². The average Bonchev–Trinajstić information content (AvgIpc) is 3.93. The van der Waals surface area contributed by atoms with E-state index in [0.29, 0.717) is 16.2 Å². The van der Waals surface area contributed by atoms with Crippen molar-refractivity contribution >= 4 is 59.3 Å². The Morgan fingerprint density at radius 2 is 1.36 bits per heavy atom. The zero-order valence-corrected chi connectivity index (χ0v) is 41.8. The minimum absolute atomic E-state index is 0.0782. The molecule has 1 aliphatic rings. The minimum Gasteiger partial charge on any atom is -0.481 e. The molecule has 0 bridgehead atoms. The molecule has 1 aliphatic heterocycles. The van der Waals surface area contributed by atoms with E-state index in [-0.39, 0.29) is 37.4 Å². The Balaban J connectivity index is 1.37. The van der Waals surface area contributed by atoms with E-state index >= 15 is 4.39 Å². The molecule has 3 aromatic carbocycles. The van der Waals surface area contributed by atoms with Gasteiger partial charge in [-0.2, -0.15) is 0 Å². The van der Waals surface area contributed by atoms with Gasteiger partial charge in [-0.15, -0.1) is 0 Å². The lowest BCUT2D eigenvalue weighted by Crippen LogP contribution is -2.56. The van der Waals surface area contributed by atoms with Crippen molar-refractivity contribution < 1.29 is 71.7 Å². The third-order valence-electron chi connectivity index (χ3n) is 11.6. The number of carbonyl (C=O) groups is 10. The van der Waals surface area contributed by atoms with Gasteiger partial charge < -0.3 is 56.3 Å². The number of carboxylic acid groups (broad SMARTS) is 1. The normalized spacial score (nSPS) is 13.2. The van der Waals surface area contributed by atoms with Gasteiger partial charge in [0.25, 0.3) is 11.8 Å². The first-order valence-corrected chi connectivity index (χ1v) is 23.8. The molecular weight excluding hydrogens is 997 g/mol. The molecule has 24 heteroatoms. The standard InChI is InChI=1S/C52H59F2N9O13/c1-52(2,3)48(40-22-34(36-23-35(53)14-15-37(36)54)28-61(40)27-32-10-6-4-7-11-32)62(46(70)30-64)21-18-38(49(73)56-20-19-55-43(67)29-63-44(68)16-17-45(63)69)60-50(74)39(24-47(71)72)59-42(66)26-57-41(65)25-58-51(75)76-31-33-12-8-5-9-13-33/h4-17,22-23,28,38-39,48,64H,18-21,24-27,29-31H2,1-3H3,(H,55,67)(H,56,73)(H,57,65)(H,58,75)(H,59,66)(H,60,74)(H,71,72)/t38-,39-,48-/m0/s1. The van der Waals surface area contributed by atoms with Crippen LogP contribution in [0.2, 0.25) is 0 Å².